The van der Waals surface area contributed by atoms with Crippen molar-refractivity contribution in [2.75, 3.05) is 26.7 Å². The summed E-state index contributed by atoms with van der Waals surface area (Å²) in [6, 6.07) is 6.77. The van der Waals surface area contributed by atoms with E-state index in [1.807, 2.05) is 24.2 Å². The Morgan fingerprint density at radius 3 is 2.76 bits per heavy atom. The molecule has 0 aliphatic carbocycles. The molecule has 0 radical (unpaired) electrons. The van der Waals surface area contributed by atoms with E-state index in [0.717, 1.165) is 36.5 Å². The van der Waals surface area contributed by atoms with Gasteiger partial charge in [0.25, 0.3) is 0 Å². The van der Waals surface area contributed by atoms with Crippen molar-refractivity contribution < 1.29 is 4.39 Å². The fourth-order valence-corrected chi connectivity index (χ4v) is 3.40. The van der Waals surface area contributed by atoms with Crippen LogP contribution in [0.5, 0.6) is 0 Å². The molecule has 1 aromatic carbocycles. The van der Waals surface area contributed by atoms with Gasteiger partial charge in [-0.15, -0.1) is 0 Å². The number of aliphatic imine (C=N–C) groups is 1. The first kappa shape index (κ1) is 17.6. The molecule has 4 heteroatoms. The lowest BCUT2D eigenvalue weighted by molar-refractivity contribution is 0.336. The van der Waals surface area contributed by atoms with Crippen LogP contribution in [0.25, 0.3) is 5.57 Å². The molecular formula is C21H26FN3. The van der Waals surface area contributed by atoms with Crippen LogP contribution >= 0.6 is 0 Å². The summed E-state index contributed by atoms with van der Waals surface area (Å²) >= 11 is 0. The van der Waals surface area contributed by atoms with Crippen LogP contribution in [0.3, 0.4) is 0 Å². The maximum atomic E-state index is 14.2. The molecule has 0 saturated carbocycles. The molecule has 2 aliphatic heterocycles. The first-order valence-electron chi connectivity index (χ1n) is 9.01. The number of hydrogen-bond acceptors (Lipinski definition) is 3. The first-order valence-corrected chi connectivity index (χ1v) is 9.01. The van der Waals surface area contributed by atoms with Gasteiger partial charge in [0.1, 0.15) is 11.6 Å². The van der Waals surface area contributed by atoms with E-state index in [2.05, 4.69) is 17.6 Å². The van der Waals surface area contributed by atoms with E-state index in [1.165, 1.54) is 32.0 Å². The molecule has 0 aromatic heterocycles. The number of allylic oxidation sites excluding steroid dienone is 3. The summed E-state index contributed by atoms with van der Waals surface area (Å²) < 4.78 is 14.2. The van der Waals surface area contributed by atoms with Crippen LogP contribution in [-0.4, -0.2) is 42.2 Å². The summed E-state index contributed by atoms with van der Waals surface area (Å²) in [4.78, 5) is 9.24. The van der Waals surface area contributed by atoms with Gasteiger partial charge in [-0.1, -0.05) is 30.9 Å². The molecule has 2 aliphatic rings. The minimum absolute atomic E-state index is 0.251. The zero-order chi connectivity index (χ0) is 17.6. The number of rotatable bonds is 6. The monoisotopic (exact) mass is 339 g/mol. The van der Waals surface area contributed by atoms with Gasteiger partial charge in [0, 0.05) is 30.1 Å². The molecule has 0 N–H and O–H groups in total. The molecule has 2 heterocycles. The van der Waals surface area contributed by atoms with Gasteiger partial charge in [-0.2, -0.15) is 0 Å². The van der Waals surface area contributed by atoms with Crippen LogP contribution < -0.4 is 0 Å². The maximum absolute atomic E-state index is 14.2. The molecule has 0 amide bonds. The van der Waals surface area contributed by atoms with Crippen LogP contribution in [0.1, 0.15) is 31.2 Å². The Bertz CT molecular complexity index is 712. The van der Waals surface area contributed by atoms with E-state index in [0.29, 0.717) is 5.56 Å². The Labute approximate surface area is 149 Å². The standard InChI is InChI=1S/C21H26FN3/c1-3-18(19-10-4-5-11-20(19)22)21-23-17(12-16-24(21)2)9-8-15-25-13-6-7-14-25/h3-5,10-12,16H,1,6-9,13-15H2,2H3/b21-18+. The molecule has 1 fully saturated rings. The smallest absolute Gasteiger partial charge is 0.140 e. The van der Waals surface area contributed by atoms with Gasteiger partial charge in [-0.05, 0) is 57.5 Å². The minimum atomic E-state index is -0.251. The van der Waals surface area contributed by atoms with Crippen molar-refractivity contribution >= 4 is 11.3 Å². The zero-order valence-electron chi connectivity index (χ0n) is 14.9. The molecule has 1 aromatic rings. The molecular weight excluding hydrogens is 313 g/mol. The molecule has 25 heavy (non-hydrogen) atoms. The first-order chi connectivity index (χ1) is 12.2. The number of halogens is 1. The van der Waals surface area contributed by atoms with Crippen LogP contribution in [0, 0.1) is 5.82 Å². The molecule has 1 saturated heterocycles. The molecule has 0 atom stereocenters. The highest BCUT2D eigenvalue weighted by molar-refractivity contribution is 5.97. The highest BCUT2D eigenvalue weighted by Gasteiger charge is 2.17. The Morgan fingerprint density at radius 2 is 2.04 bits per heavy atom. The van der Waals surface area contributed by atoms with E-state index in [-0.39, 0.29) is 5.82 Å². The second-order valence-corrected chi connectivity index (χ2v) is 6.60. The molecule has 3 rings (SSSR count). The minimum Gasteiger partial charge on any atom is -0.336 e. The fraction of sp³-hybridized carbons (Fsp3) is 0.381. The lowest BCUT2D eigenvalue weighted by Gasteiger charge is -2.23. The van der Waals surface area contributed by atoms with Crippen LogP contribution in [0.4, 0.5) is 4.39 Å². The van der Waals surface area contributed by atoms with Crippen molar-refractivity contribution in [3.63, 3.8) is 0 Å². The van der Waals surface area contributed by atoms with Crippen molar-refractivity contribution in [1.82, 2.24) is 9.80 Å². The molecule has 132 valence electrons. The van der Waals surface area contributed by atoms with Crippen LogP contribution in [0.15, 0.2) is 60.0 Å². The molecule has 3 nitrogen and oxygen atoms in total. The van der Waals surface area contributed by atoms with Crippen LogP contribution in [0.2, 0.25) is 0 Å². The van der Waals surface area contributed by atoms with E-state index < -0.39 is 0 Å². The lowest BCUT2D eigenvalue weighted by atomic mass is 10.0. The normalized spacial score (nSPS) is 19.9. The summed E-state index contributed by atoms with van der Waals surface area (Å²) in [5.74, 6) is 0.498. The average Bonchev–Trinajstić information content (AvgIpc) is 3.13. The predicted octanol–water partition coefficient (Wildman–Crippen LogP) is 4.46. The van der Waals surface area contributed by atoms with Crippen molar-refractivity contribution in [2.24, 2.45) is 4.99 Å². The molecule has 0 spiro atoms. The third-order valence-corrected chi connectivity index (χ3v) is 4.79. The summed E-state index contributed by atoms with van der Waals surface area (Å²) in [6.45, 7) is 7.46. The summed E-state index contributed by atoms with van der Waals surface area (Å²) in [5.41, 5.74) is 2.31. The molecule has 0 unspecified atom stereocenters. The summed E-state index contributed by atoms with van der Waals surface area (Å²) in [5, 5.41) is 0. The quantitative estimate of drug-likeness (QED) is 0.762. The van der Waals surface area contributed by atoms with Gasteiger partial charge < -0.3 is 9.80 Å². The number of likely N-dealkylation sites (tertiary alicyclic amines) is 1. The van der Waals surface area contributed by atoms with Gasteiger partial charge in [-0.25, -0.2) is 9.38 Å². The van der Waals surface area contributed by atoms with Gasteiger partial charge in [-0.3, -0.25) is 0 Å². The summed E-state index contributed by atoms with van der Waals surface area (Å²) in [6.07, 6.45) is 10.4. The number of benzene rings is 1. The van der Waals surface area contributed by atoms with Crippen LogP contribution in [-0.2, 0) is 0 Å². The van der Waals surface area contributed by atoms with Crippen molar-refractivity contribution in [3.05, 3.63) is 66.4 Å². The Balaban J connectivity index is 1.78. The Kier molecular flexibility index (Phi) is 5.82. The maximum Gasteiger partial charge on any atom is 0.140 e. The van der Waals surface area contributed by atoms with Crippen molar-refractivity contribution in [1.29, 1.82) is 0 Å². The van der Waals surface area contributed by atoms with Gasteiger partial charge in [0.2, 0.25) is 0 Å². The van der Waals surface area contributed by atoms with Crippen molar-refractivity contribution in [2.45, 2.75) is 25.7 Å². The van der Waals surface area contributed by atoms with Gasteiger partial charge in [0.05, 0.1) is 0 Å². The van der Waals surface area contributed by atoms with E-state index in [9.17, 15) is 4.39 Å². The SMILES string of the molecule is C=C/C(=C1/N=C(CCCN2CCCC2)C=CN1C)c1ccccc1F. The van der Waals surface area contributed by atoms with E-state index in [1.54, 1.807) is 18.2 Å². The second kappa shape index (κ2) is 8.26. The lowest BCUT2D eigenvalue weighted by Crippen LogP contribution is -2.22. The Hall–Kier alpha value is -2.20. The highest BCUT2D eigenvalue weighted by Crippen LogP contribution is 2.27. The van der Waals surface area contributed by atoms with Crippen molar-refractivity contribution in [3.8, 4) is 0 Å². The van der Waals surface area contributed by atoms with Gasteiger partial charge in [0.15, 0.2) is 0 Å². The summed E-state index contributed by atoms with van der Waals surface area (Å²) in [7, 11) is 1.93. The zero-order valence-corrected chi connectivity index (χ0v) is 14.9. The molecule has 0 bridgehead atoms. The van der Waals surface area contributed by atoms with Gasteiger partial charge >= 0.3 is 0 Å². The van der Waals surface area contributed by atoms with E-state index >= 15 is 0 Å². The average molecular weight is 339 g/mol. The number of hydrogen-bond donors (Lipinski definition) is 0. The van der Waals surface area contributed by atoms with E-state index in [4.69, 9.17) is 4.99 Å². The third kappa shape index (κ3) is 4.26. The fourth-order valence-electron chi connectivity index (χ4n) is 3.40. The topological polar surface area (TPSA) is 18.8 Å². The second-order valence-electron chi connectivity index (χ2n) is 6.60. The third-order valence-electron chi connectivity index (χ3n) is 4.79. The Morgan fingerprint density at radius 1 is 1.28 bits per heavy atom. The predicted molar refractivity (Wildman–Crippen MR) is 103 cm³/mol. The number of nitrogens with zero attached hydrogens (tertiary/aromatic N) is 3. The largest absolute Gasteiger partial charge is 0.336 e. The highest BCUT2D eigenvalue weighted by atomic mass is 19.1.